The van der Waals surface area contributed by atoms with Gasteiger partial charge in [-0.05, 0) is 69.7 Å². The molecule has 1 aliphatic carbocycles. The monoisotopic (exact) mass is 414 g/mol. The minimum atomic E-state index is -0.353. The second-order valence-electron chi connectivity index (χ2n) is 7.58. The predicted octanol–water partition coefficient (Wildman–Crippen LogP) is 4.93. The Morgan fingerprint density at radius 1 is 1.31 bits per heavy atom. The highest BCUT2D eigenvalue weighted by Gasteiger charge is 2.31. The molecule has 0 spiro atoms. The zero-order valence-electron chi connectivity index (χ0n) is 17.0. The van der Waals surface area contributed by atoms with Crippen molar-refractivity contribution in [3.05, 3.63) is 39.8 Å². The summed E-state index contributed by atoms with van der Waals surface area (Å²) in [7, 11) is 0. The molecule has 0 saturated carbocycles. The second-order valence-corrected chi connectivity index (χ2v) is 8.68. The van der Waals surface area contributed by atoms with Crippen LogP contribution in [-0.2, 0) is 17.6 Å². The van der Waals surface area contributed by atoms with Crippen molar-refractivity contribution in [2.75, 3.05) is 23.4 Å². The molecular weight excluding hydrogens is 388 g/mol. The maximum absolute atomic E-state index is 13.2. The number of thiophene rings is 1. The molecule has 0 radical (unpaired) electrons. The highest BCUT2D eigenvalue weighted by Crippen LogP contribution is 2.40. The molecule has 29 heavy (non-hydrogen) atoms. The van der Waals surface area contributed by atoms with Crippen LogP contribution in [0.4, 0.5) is 15.5 Å². The Kier molecular flexibility index (Phi) is 5.50. The van der Waals surface area contributed by atoms with Gasteiger partial charge in [-0.15, -0.1) is 11.3 Å². The van der Waals surface area contributed by atoms with Gasteiger partial charge in [0.2, 0.25) is 0 Å². The van der Waals surface area contributed by atoms with Gasteiger partial charge in [-0.25, -0.2) is 9.59 Å². The Bertz CT molecular complexity index is 953. The first kappa shape index (κ1) is 19.8. The molecule has 1 atom stereocenters. The third kappa shape index (κ3) is 3.83. The van der Waals surface area contributed by atoms with Crippen molar-refractivity contribution < 1.29 is 19.1 Å². The zero-order valence-corrected chi connectivity index (χ0v) is 17.9. The van der Waals surface area contributed by atoms with Crippen LogP contribution in [0.2, 0.25) is 0 Å². The van der Waals surface area contributed by atoms with Crippen molar-refractivity contribution in [3.63, 3.8) is 0 Å². The van der Waals surface area contributed by atoms with E-state index in [0.29, 0.717) is 29.5 Å². The summed E-state index contributed by atoms with van der Waals surface area (Å²) in [4.78, 5) is 28.8. The van der Waals surface area contributed by atoms with E-state index in [0.717, 1.165) is 42.5 Å². The summed E-state index contributed by atoms with van der Waals surface area (Å²) < 4.78 is 11.2. The lowest BCUT2D eigenvalue weighted by Gasteiger charge is -2.33. The number of nitrogens with one attached hydrogen (secondary N) is 1. The fraction of sp³-hybridized carbons (Fsp3) is 0.455. The van der Waals surface area contributed by atoms with E-state index in [1.165, 1.54) is 16.2 Å². The molecule has 2 amide bonds. The van der Waals surface area contributed by atoms with Crippen LogP contribution in [0.3, 0.4) is 0 Å². The number of carbonyl (C=O) groups excluding carboxylic acids is 2. The lowest BCUT2D eigenvalue weighted by molar-refractivity contribution is 0.0526. The van der Waals surface area contributed by atoms with Gasteiger partial charge in [-0.1, -0.05) is 6.07 Å². The van der Waals surface area contributed by atoms with Gasteiger partial charge in [0.05, 0.1) is 24.4 Å². The summed E-state index contributed by atoms with van der Waals surface area (Å²) in [6.45, 7) is 6.48. The first-order chi connectivity index (χ1) is 14.0. The van der Waals surface area contributed by atoms with Crippen LogP contribution in [0.25, 0.3) is 0 Å². The van der Waals surface area contributed by atoms with Gasteiger partial charge in [-0.3, -0.25) is 10.2 Å². The summed E-state index contributed by atoms with van der Waals surface area (Å²) in [6, 6.07) is 5.57. The molecule has 0 bridgehead atoms. The number of hydrogen-bond donors (Lipinski definition) is 1. The molecule has 0 unspecified atom stereocenters. The Morgan fingerprint density at radius 3 is 2.90 bits per heavy atom. The first-order valence-corrected chi connectivity index (χ1v) is 11.0. The van der Waals surface area contributed by atoms with E-state index in [9.17, 15) is 9.59 Å². The number of hydrogen-bond acceptors (Lipinski definition) is 5. The molecule has 7 heteroatoms. The van der Waals surface area contributed by atoms with Crippen LogP contribution in [-0.4, -0.2) is 31.3 Å². The smallest absolute Gasteiger partial charge is 0.341 e. The minimum absolute atomic E-state index is 0.114. The van der Waals surface area contributed by atoms with Gasteiger partial charge >= 0.3 is 12.0 Å². The van der Waals surface area contributed by atoms with Gasteiger partial charge in [0.1, 0.15) is 16.9 Å². The molecule has 2 aromatic rings. The summed E-state index contributed by atoms with van der Waals surface area (Å²) in [5, 5.41) is 3.60. The number of anilines is 2. The van der Waals surface area contributed by atoms with Crippen molar-refractivity contribution >= 4 is 34.0 Å². The molecule has 1 aromatic heterocycles. The Morgan fingerprint density at radius 2 is 2.10 bits per heavy atom. The van der Waals surface area contributed by atoms with Crippen molar-refractivity contribution in [2.24, 2.45) is 0 Å². The number of aryl methyl sites for hydroxylation is 2. The lowest BCUT2D eigenvalue weighted by Crippen LogP contribution is -2.44. The van der Waals surface area contributed by atoms with E-state index < -0.39 is 0 Å². The number of rotatable bonds is 3. The third-order valence-electron chi connectivity index (χ3n) is 5.29. The van der Waals surface area contributed by atoms with Gasteiger partial charge in [0, 0.05) is 4.88 Å². The summed E-state index contributed by atoms with van der Waals surface area (Å²) >= 11 is 1.50. The quantitative estimate of drug-likeness (QED) is 0.723. The largest absolute Gasteiger partial charge is 0.487 e. The summed E-state index contributed by atoms with van der Waals surface area (Å²) in [6.07, 6.45) is 3.84. The Balaban J connectivity index is 1.66. The number of nitrogens with zero attached hydrogens (tertiary/aromatic N) is 1. The molecule has 0 saturated heterocycles. The van der Waals surface area contributed by atoms with Gasteiger partial charge in [0.15, 0.2) is 0 Å². The van der Waals surface area contributed by atoms with E-state index in [1.54, 1.807) is 11.8 Å². The molecule has 1 aromatic carbocycles. The van der Waals surface area contributed by atoms with Crippen LogP contribution in [0.15, 0.2) is 18.2 Å². The number of carbonyl (C=O) groups is 2. The normalized spacial score (nSPS) is 17.8. The number of fused-ring (bicyclic) bond motifs is 2. The average Bonchev–Trinajstić information content (AvgIpc) is 3.05. The lowest BCUT2D eigenvalue weighted by atomic mass is 9.95. The van der Waals surface area contributed by atoms with Crippen molar-refractivity contribution in [1.29, 1.82) is 0 Å². The molecule has 1 aliphatic heterocycles. The molecule has 6 nitrogen and oxygen atoms in total. The molecule has 2 heterocycles. The molecule has 4 rings (SSSR count). The van der Waals surface area contributed by atoms with Crippen LogP contribution < -0.4 is 15.0 Å². The highest BCUT2D eigenvalue weighted by atomic mass is 32.1. The number of benzene rings is 1. The predicted molar refractivity (Wildman–Crippen MR) is 115 cm³/mol. The number of amides is 2. The van der Waals surface area contributed by atoms with E-state index in [1.807, 2.05) is 32.0 Å². The fourth-order valence-electron chi connectivity index (χ4n) is 3.98. The van der Waals surface area contributed by atoms with Crippen LogP contribution in [0.5, 0.6) is 5.75 Å². The second kappa shape index (κ2) is 8.06. The van der Waals surface area contributed by atoms with Crippen LogP contribution in [0.1, 0.15) is 53.1 Å². The first-order valence-electron chi connectivity index (χ1n) is 10.2. The molecular formula is C22H26N2O4S. The molecule has 1 N–H and O–H groups in total. The van der Waals surface area contributed by atoms with Gasteiger partial charge < -0.3 is 9.47 Å². The Hall–Kier alpha value is -2.54. The molecule has 2 aliphatic rings. The average molecular weight is 415 g/mol. The third-order valence-corrected chi connectivity index (χ3v) is 6.50. The maximum Gasteiger partial charge on any atom is 0.341 e. The topological polar surface area (TPSA) is 67.9 Å². The highest BCUT2D eigenvalue weighted by molar-refractivity contribution is 7.17. The van der Waals surface area contributed by atoms with E-state index in [4.69, 9.17) is 9.47 Å². The maximum atomic E-state index is 13.2. The fourth-order valence-corrected chi connectivity index (χ4v) is 5.24. The van der Waals surface area contributed by atoms with Crippen LogP contribution in [0, 0.1) is 6.92 Å². The number of ether oxygens (including phenoxy) is 2. The van der Waals surface area contributed by atoms with E-state index >= 15 is 0 Å². The van der Waals surface area contributed by atoms with E-state index in [-0.39, 0.29) is 18.1 Å². The summed E-state index contributed by atoms with van der Waals surface area (Å²) in [5.74, 6) is 0.342. The minimum Gasteiger partial charge on any atom is -0.487 e. The molecule has 154 valence electrons. The van der Waals surface area contributed by atoms with E-state index in [2.05, 4.69) is 5.32 Å². The SMILES string of the molecule is CCOC(=O)c1c(NC(=O)N2C[C@H](C)Oc3ccc(C)cc32)sc2c1CCCC2. The number of esters is 1. The summed E-state index contributed by atoms with van der Waals surface area (Å²) in [5.41, 5.74) is 3.38. The van der Waals surface area contributed by atoms with Gasteiger partial charge in [0.25, 0.3) is 0 Å². The van der Waals surface area contributed by atoms with Crippen molar-refractivity contribution in [2.45, 2.75) is 52.6 Å². The molecule has 0 fully saturated rings. The van der Waals surface area contributed by atoms with Crippen molar-refractivity contribution in [1.82, 2.24) is 0 Å². The number of urea groups is 1. The standard InChI is InChI=1S/C22H26N2O4S/c1-4-27-21(25)19-15-7-5-6-8-18(15)29-20(19)23-22(26)24-12-14(3)28-17-10-9-13(2)11-16(17)24/h9-11,14H,4-8,12H2,1-3H3,(H,23,26)/t14-/m0/s1. The van der Waals surface area contributed by atoms with Gasteiger partial charge in [-0.2, -0.15) is 0 Å². The Labute approximate surface area is 174 Å². The van der Waals surface area contributed by atoms with Crippen molar-refractivity contribution in [3.8, 4) is 5.75 Å². The zero-order chi connectivity index (χ0) is 20.5. The van der Waals surface area contributed by atoms with Crippen LogP contribution >= 0.6 is 11.3 Å².